The lowest BCUT2D eigenvalue weighted by atomic mass is 10.2. The zero-order chi connectivity index (χ0) is 13.8. The molecule has 0 atom stereocenters. The first kappa shape index (κ1) is 14.5. The van der Waals surface area contributed by atoms with E-state index in [-0.39, 0.29) is 23.5 Å². The lowest BCUT2D eigenvalue weighted by molar-refractivity contribution is -0.154. The van der Waals surface area contributed by atoms with Gasteiger partial charge in [0.2, 0.25) is 5.95 Å². The van der Waals surface area contributed by atoms with Gasteiger partial charge in [0.05, 0.1) is 6.42 Å². The van der Waals surface area contributed by atoms with Gasteiger partial charge in [0, 0.05) is 12.6 Å². The highest BCUT2D eigenvalue weighted by atomic mass is 35.5. The molecule has 0 aliphatic carbocycles. The van der Waals surface area contributed by atoms with Crippen molar-refractivity contribution in [3.05, 3.63) is 11.2 Å². The van der Waals surface area contributed by atoms with Gasteiger partial charge in [-0.3, -0.25) is 4.79 Å². The Morgan fingerprint density at radius 3 is 2.72 bits per heavy atom. The molecule has 100 valence electrons. The maximum atomic E-state index is 11.4. The number of nitrogens with one attached hydrogen (secondary N) is 1. The molecule has 6 nitrogen and oxygen atoms in total. The van der Waals surface area contributed by atoms with Crippen LogP contribution in [0.3, 0.4) is 0 Å². The Morgan fingerprint density at radius 2 is 2.17 bits per heavy atom. The maximum absolute atomic E-state index is 11.4. The predicted molar refractivity (Wildman–Crippen MR) is 70.4 cm³/mol. The van der Waals surface area contributed by atoms with Gasteiger partial charge in [-0.05, 0) is 20.8 Å². The molecule has 1 aromatic heterocycles. The molecular formula is C11H17ClN4O2. The number of nitrogen functional groups attached to an aromatic ring is 1. The van der Waals surface area contributed by atoms with Gasteiger partial charge in [-0.15, -0.1) is 0 Å². The van der Waals surface area contributed by atoms with Gasteiger partial charge < -0.3 is 15.8 Å². The average molecular weight is 273 g/mol. The number of ether oxygens (including phenoxy) is 1. The largest absolute Gasteiger partial charge is 0.460 e. The fraction of sp³-hybridized carbons (Fsp3) is 0.545. The van der Waals surface area contributed by atoms with E-state index in [9.17, 15) is 4.79 Å². The van der Waals surface area contributed by atoms with Crippen LogP contribution in [0.25, 0.3) is 0 Å². The van der Waals surface area contributed by atoms with Crippen LogP contribution in [-0.2, 0) is 9.53 Å². The minimum absolute atomic E-state index is 0.0854. The third-order valence-corrected chi connectivity index (χ3v) is 1.96. The van der Waals surface area contributed by atoms with Crippen molar-refractivity contribution in [2.75, 3.05) is 17.6 Å². The minimum Gasteiger partial charge on any atom is -0.460 e. The number of hydrogen-bond acceptors (Lipinski definition) is 6. The first-order chi connectivity index (χ1) is 8.26. The smallest absolute Gasteiger partial charge is 0.308 e. The molecule has 0 amide bonds. The van der Waals surface area contributed by atoms with E-state index < -0.39 is 5.60 Å². The van der Waals surface area contributed by atoms with E-state index in [0.717, 1.165) is 0 Å². The highest BCUT2D eigenvalue weighted by Crippen LogP contribution is 2.12. The van der Waals surface area contributed by atoms with E-state index in [1.165, 1.54) is 6.07 Å². The molecule has 1 aromatic rings. The zero-order valence-electron chi connectivity index (χ0n) is 10.7. The topological polar surface area (TPSA) is 90.1 Å². The second-order valence-corrected chi connectivity index (χ2v) is 5.08. The van der Waals surface area contributed by atoms with Crippen LogP contribution in [0.2, 0.25) is 5.15 Å². The van der Waals surface area contributed by atoms with Crippen molar-refractivity contribution in [1.82, 2.24) is 9.97 Å². The lowest BCUT2D eigenvalue weighted by Crippen LogP contribution is -2.25. The van der Waals surface area contributed by atoms with Gasteiger partial charge in [0.25, 0.3) is 0 Å². The van der Waals surface area contributed by atoms with E-state index in [1.54, 1.807) is 0 Å². The van der Waals surface area contributed by atoms with Gasteiger partial charge in [-0.1, -0.05) is 11.6 Å². The Morgan fingerprint density at radius 1 is 1.50 bits per heavy atom. The number of rotatable bonds is 4. The summed E-state index contributed by atoms with van der Waals surface area (Å²) in [5.41, 5.74) is 4.96. The van der Waals surface area contributed by atoms with Crippen LogP contribution in [0, 0.1) is 0 Å². The lowest BCUT2D eigenvalue weighted by Gasteiger charge is -2.19. The quantitative estimate of drug-likeness (QED) is 0.642. The first-order valence-electron chi connectivity index (χ1n) is 5.52. The zero-order valence-corrected chi connectivity index (χ0v) is 11.4. The second-order valence-electron chi connectivity index (χ2n) is 4.70. The Kier molecular flexibility index (Phi) is 4.72. The number of carbonyl (C=O) groups is 1. The normalized spacial score (nSPS) is 11.1. The van der Waals surface area contributed by atoms with Crippen molar-refractivity contribution < 1.29 is 9.53 Å². The summed E-state index contributed by atoms with van der Waals surface area (Å²) in [7, 11) is 0. The highest BCUT2D eigenvalue weighted by Gasteiger charge is 2.15. The molecule has 0 aliphatic rings. The number of esters is 1. The number of anilines is 2. The molecule has 0 saturated carbocycles. The van der Waals surface area contributed by atoms with Gasteiger partial charge in [0.1, 0.15) is 16.6 Å². The van der Waals surface area contributed by atoms with Crippen LogP contribution >= 0.6 is 11.6 Å². The van der Waals surface area contributed by atoms with E-state index in [4.69, 9.17) is 22.1 Å². The van der Waals surface area contributed by atoms with E-state index in [0.29, 0.717) is 12.4 Å². The molecule has 0 unspecified atom stereocenters. The van der Waals surface area contributed by atoms with Crippen LogP contribution in [0.5, 0.6) is 0 Å². The van der Waals surface area contributed by atoms with E-state index in [1.807, 2.05) is 20.8 Å². The SMILES string of the molecule is CC(C)(C)OC(=O)CCNc1cc(Cl)nc(N)n1. The number of nitrogens with zero attached hydrogens (tertiary/aromatic N) is 2. The molecule has 7 heteroatoms. The van der Waals surface area contributed by atoms with E-state index in [2.05, 4.69) is 15.3 Å². The number of halogens is 1. The number of hydrogen-bond donors (Lipinski definition) is 2. The molecule has 1 rings (SSSR count). The van der Waals surface area contributed by atoms with Crippen molar-refractivity contribution in [2.45, 2.75) is 32.8 Å². The van der Waals surface area contributed by atoms with Gasteiger partial charge in [-0.25, -0.2) is 4.98 Å². The standard InChI is InChI=1S/C11H17ClN4O2/c1-11(2,3)18-9(17)4-5-14-8-6-7(12)15-10(13)16-8/h6H,4-5H2,1-3H3,(H3,13,14,15,16). The van der Waals surface area contributed by atoms with Crippen molar-refractivity contribution in [3.8, 4) is 0 Å². The molecule has 0 spiro atoms. The summed E-state index contributed by atoms with van der Waals surface area (Å²) >= 11 is 5.72. The Labute approximate surface area is 111 Å². The molecule has 0 saturated heterocycles. The van der Waals surface area contributed by atoms with Crippen molar-refractivity contribution in [3.63, 3.8) is 0 Å². The molecule has 0 aromatic carbocycles. The molecule has 0 bridgehead atoms. The van der Waals surface area contributed by atoms with Crippen LogP contribution in [0.1, 0.15) is 27.2 Å². The van der Waals surface area contributed by atoms with Crippen LogP contribution < -0.4 is 11.1 Å². The fourth-order valence-electron chi connectivity index (χ4n) is 1.21. The van der Waals surface area contributed by atoms with Gasteiger partial charge in [0.15, 0.2) is 0 Å². The van der Waals surface area contributed by atoms with Crippen molar-refractivity contribution in [1.29, 1.82) is 0 Å². The fourth-order valence-corrected chi connectivity index (χ4v) is 1.40. The van der Waals surface area contributed by atoms with E-state index >= 15 is 0 Å². The van der Waals surface area contributed by atoms with Crippen molar-refractivity contribution in [2.24, 2.45) is 0 Å². The Hall–Kier alpha value is -1.56. The summed E-state index contributed by atoms with van der Waals surface area (Å²) in [4.78, 5) is 19.1. The van der Waals surface area contributed by atoms with Crippen LogP contribution in [-0.4, -0.2) is 28.1 Å². The molecule has 0 fully saturated rings. The third kappa shape index (κ3) is 5.67. The molecular weight excluding hydrogens is 256 g/mol. The molecule has 1 heterocycles. The monoisotopic (exact) mass is 272 g/mol. The first-order valence-corrected chi connectivity index (χ1v) is 5.90. The molecule has 3 N–H and O–H groups in total. The molecule has 0 radical (unpaired) electrons. The van der Waals surface area contributed by atoms with Crippen LogP contribution in [0.15, 0.2) is 6.07 Å². The highest BCUT2D eigenvalue weighted by molar-refractivity contribution is 6.29. The van der Waals surface area contributed by atoms with Gasteiger partial charge in [-0.2, -0.15) is 4.98 Å². The summed E-state index contributed by atoms with van der Waals surface area (Å²) in [5.74, 6) is 0.293. The molecule has 18 heavy (non-hydrogen) atoms. The summed E-state index contributed by atoms with van der Waals surface area (Å²) in [6, 6.07) is 1.53. The second kappa shape index (κ2) is 5.86. The number of nitrogens with two attached hydrogens (primary N) is 1. The maximum Gasteiger partial charge on any atom is 0.308 e. The van der Waals surface area contributed by atoms with Crippen molar-refractivity contribution >= 4 is 29.3 Å². The Balaban J connectivity index is 2.40. The van der Waals surface area contributed by atoms with Crippen LogP contribution in [0.4, 0.5) is 11.8 Å². The Bertz CT molecular complexity index is 411. The minimum atomic E-state index is -0.472. The summed E-state index contributed by atoms with van der Waals surface area (Å²) in [6.45, 7) is 5.86. The summed E-state index contributed by atoms with van der Waals surface area (Å²) in [6.07, 6.45) is 0.235. The number of carbonyl (C=O) groups excluding carboxylic acids is 1. The third-order valence-electron chi connectivity index (χ3n) is 1.77. The van der Waals surface area contributed by atoms with Gasteiger partial charge >= 0.3 is 5.97 Å². The molecule has 0 aliphatic heterocycles. The predicted octanol–water partition coefficient (Wildman–Crippen LogP) is 1.86. The summed E-state index contributed by atoms with van der Waals surface area (Å²) < 4.78 is 5.16. The summed E-state index contributed by atoms with van der Waals surface area (Å²) in [5, 5.41) is 3.18. The average Bonchev–Trinajstić information content (AvgIpc) is 2.12. The number of aromatic nitrogens is 2.